The van der Waals surface area contributed by atoms with Crippen LogP contribution < -0.4 is 10.4 Å². The first kappa shape index (κ1) is 39.6. The molecule has 0 amide bonds. The van der Waals surface area contributed by atoms with Crippen LogP contribution >= 0.6 is 0 Å². The zero-order valence-electron chi connectivity index (χ0n) is 31.5. The summed E-state index contributed by atoms with van der Waals surface area (Å²) in [6.45, 7) is 24.1. The molecule has 2 heteroatoms. The Hall–Kier alpha value is -2.81. The van der Waals surface area contributed by atoms with Crippen LogP contribution in [0, 0.1) is 14.9 Å². The molecule has 0 unspecified atom stereocenters. The number of fused-ring (bicyclic) bond motifs is 2. The van der Waals surface area contributed by atoms with E-state index >= 15 is 0 Å². The van der Waals surface area contributed by atoms with Gasteiger partial charge in [-0.15, -0.1) is 68.3 Å². The Kier molecular flexibility index (Phi) is 12.0. The Morgan fingerprint density at radius 3 is 1.19 bits per heavy atom. The molecule has 0 aliphatic heterocycles. The largest absolute Gasteiger partial charge is 4.00 e. The first-order chi connectivity index (χ1) is 21.2. The monoisotopic (exact) mass is 816 g/mol. The van der Waals surface area contributed by atoms with Crippen molar-refractivity contribution in [2.45, 2.75) is 91.1 Å². The molecular formula is C46H56HfSi. The van der Waals surface area contributed by atoms with E-state index in [2.05, 4.69) is 178 Å². The Balaban J connectivity index is 0.00000208. The topological polar surface area (TPSA) is 0 Å². The molecule has 48 heavy (non-hydrogen) atoms. The van der Waals surface area contributed by atoms with Crippen LogP contribution in [-0.2, 0) is 25.8 Å². The fourth-order valence-electron chi connectivity index (χ4n) is 8.56. The van der Waals surface area contributed by atoms with Crippen molar-refractivity contribution in [1.29, 1.82) is 0 Å². The van der Waals surface area contributed by atoms with Crippen molar-refractivity contribution in [2.24, 2.45) is 0 Å². The van der Waals surface area contributed by atoms with E-state index in [0.29, 0.717) is 11.8 Å². The van der Waals surface area contributed by atoms with E-state index in [1.807, 2.05) is 0 Å². The smallest absolute Gasteiger partial charge is 0.358 e. The van der Waals surface area contributed by atoms with E-state index in [4.69, 9.17) is 0 Å². The Morgan fingerprint density at radius 2 is 0.854 bits per heavy atom. The van der Waals surface area contributed by atoms with Gasteiger partial charge in [-0.1, -0.05) is 141 Å². The van der Waals surface area contributed by atoms with Gasteiger partial charge in [-0.25, -0.2) is 0 Å². The van der Waals surface area contributed by atoms with Crippen LogP contribution in [-0.4, -0.2) is 8.07 Å². The maximum absolute atomic E-state index is 2.58. The van der Waals surface area contributed by atoms with Gasteiger partial charge in [0.05, 0.1) is 8.07 Å². The molecule has 248 valence electrons. The minimum atomic E-state index is -2.42. The van der Waals surface area contributed by atoms with Crippen molar-refractivity contribution >= 4 is 40.0 Å². The average molecular weight is 816 g/mol. The first-order valence-electron chi connectivity index (χ1n) is 16.8. The summed E-state index contributed by atoms with van der Waals surface area (Å²) in [6.07, 6.45) is 0. The summed E-state index contributed by atoms with van der Waals surface area (Å²) >= 11 is 0. The molecule has 0 aliphatic carbocycles. The summed E-state index contributed by atoms with van der Waals surface area (Å²) < 4.78 is 0. The molecule has 0 atom stereocenters. The summed E-state index contributed by atoms with van der Waals surface area (Å²) in [5, 5.41) is 8.70. The summed E-state index contributed by atoms with van der Waals surface area (Å²) in [4.78, 5) is 0. The zero-order valence-corrected chi connectivity index (χ0v) is 36.1. The molecule has 0 aliphatic rings. The third kappa shape index (κ3) is 6.69. The van der Waals surface area contributed by atoms with Gasteiger partial charge in [0.25, 0.3) is 0 Å². The van der Waals surface area contributed by atoms with Crippen molar-refractivity contribution in [3.63, 3.8) is 0 Å². The predicted octanol–water partition coefficient (Wildman–Crippen LogP) is 13.1. The number of benzene rings is 4. The molecule has 0 heterocycles. The zero-order chi connectivity index (χ0) is 32.3. The van der Waals surface area contributed by atoms with Crippen molar-refractivity contribution in [3.05, 3.63) is 135 Å². The van der Waals surface area contributed by atoms with Crippen LogP contribution in [0.5, 0.6) is 0 Å². The van der Waals surface area contributed by atoms with Crippen molar-refractivity contribution in [1.82, 2.24) is 0 Å². The van der Waals surface area contributed by atoms with Crippen LogP contribution in [0.4, 0.5) is 0 Å². The van der Waals surface area contributed by atoms with E-state index in [-0.39, 0.29) is 50.8 Å². The summed E-state index contributed by atoms with van der Waals surface area (Å²) in [5.41, 5.74) is 8.09. The van der Waals surface area contributed by atoms with Gasteiger partial charge in [0.2, 0.25) is 0 Å². The van der Waals surface area contributed by atoms with E-state index in [9.17, 15) is 0 Å². The Labute approximate surface area is 312 Å². The number of hydrogen-bond donors (Lipinski definition) is 0. The second-order valence-electron chi connectivity index (χ2n) is 15.9. The van der Waals surface area contributed by atoms with Gasteiger partial charge >= 0.3 is 25.8 Å². The average Bonchev–Trinajstić information content (AvgIpc) is 3.60. The molecule has 0 radical (unpaired) electrons. The summed E-state index contributed by atoms with van der Waals surface area (Å²) in [5.74, 6) is 1.01. The molecule has 0 spiro atoms. The predicted molar refractivity (Wildman–Crippen MR) is 215 cm³/mol. The SMILES string of the molecule is CC(C)c1cccc(-c2cccc3[cH-]c([Si](c4cc5c(-c6cccc(C(C)C)c6)cccc5[cH-]4)(C(C)(C)C)C(C)(C)C)cc23)c1.[CH3-].[CH3-].[Hf+4]. The Bertz CT molecular complexity index is 1840. The standard InChI is InChI=1S/C44H50Si.2CH3.Hf/c1-29(2)31-15-11-17-33(23-31)39-21-13-19-35-25-37(27-41(35)39)45(43(5,6)7,44(8,9)10)38-26-36-20-14-22-40(42(36)28-38)34-18-12-16-32(24-34)30(3)4;;;/h11-30H,1-10H3;2*1H3;/q-2;2*-1;+4. The fourth-order valence-corrected chi connectivity index (χ4v) is 16.1. The normalized spacial score (nSPS) is 12.2. The molecule has 0 aromatic heterocycles. The third-order valence-corrected chi connectivity index (χ3v) is 17.2. The second kappa shape index (κ2) is 14.6. The molecule has 0 nitrogen and oxygen atoms in total. The maximum Gasteiger partial charge on any atom is 4.00 e. The maximum atomic E-state index is 2.58. The van der Waals surface area contributed by atoms with Gasteiger partial charge in [0.1, 0.15) is 0 Å². The minimum absolute atomic E-state index is 0. The van der Waals surface area contributed by atoms with Crippen LogP contribution in [0.15, 0.2) is 109 Å². The molecule has 6 rings (SSSR count). The first-order valence-corrected chi connectivity index (χ1v) is 18.8. The van der Waals surface area contributed by atoms with Crippen LogP contribution in [0.3, 0.4) is 0 Å². The van der Waals surface area contributed by atoms with Gasteiger partial charge in [-0.2, -0.15) is 12.1 Å². The minimum Gasteiger partial charge on any atom is -0.358 e. The van der Waals surface area contributed by atoms with Crippen molar-refractivity contribution in [2.75, 3.05) is 0 Å². The number of rotatable bonds is 6. The van der Waals surface area contributed by atoms with Gasteiger partial charge in [0.15, 0.2) is 0 Å². The van der Waals surface area contributed by atoms with E-state index in [1.165, 1.54) is 54.9 Å². The van der Waals surface area contributed by atoms with Gasteiger partial charge in [-0.3, -0.25) is 0 Å². The van der Waals surface area contributed by atoms with E-state index in [1.54, 1.807) is 10.4 Å². The van der Waals surface area contributed by atoms with Gasteiger partial charge < -0.3 is 14.9 Å². The molecule has 6 aromatic rings. The van der Waals surface area contributed by atoms with Crippen molar-refractivity contribution < 1.29 is 25.8 Å². The van der Waals surface area contributed by atoms with Crippen LogP contribution in [0.1, 0.15) is 92.2 Å². The van der Waals surface area contributed by atoms with Gasteiger partial charge in [-0.05, 0) is 44.2 Å². The number of hydrogen-bond acceptors (Lipinski definition) is 0. The van der Waals surface area contributed by atoms with Crippen LogP contribution in [0.2, 0.25) is 10.1 Å². The van der Waals surface area contributed by atoms with Crippen molar-refractivity contribution in [3.8, 4) is 22.3 Å². The quantitative estimate of drug-likeness (QED) is 0.116. The molecule has 0 bridgehead atoms. The van der Waals surface area contributed by atoms with Gasteiger partial charge in [0, 0.05) is 0 Å². The molecule has 0 fully saturated rings. The summed E-state index contributed by atoms with van der Waals surface area (Å²) in [6, 6.07) is 42.4. The second-order valence-corrected chi connectivity index (χ2v) is 21.6. The molecule has 0 saturated heterocycles. The van der Waals surface area contributed by atoms with Crippen LogP contribution in [0.25, 0.3) is 43.8 Å². The Morgan fingerprint density at radius 1 is 0.500 bits per heavy atom. The third-order valence-electron chi connectivity index (χ3n) is 10.3. The fraction of sp³-hybridized carbons (Fsp3) is 0.304. The summed E-state index contributed by atoms with van der Waals surface area (Å²) in [7, 11) is -2.42. The molecular weight excluding hydrogens is 759 g/mol. The molecule has 0 N–H and O–H groups in total. The van der Waals surface area contributed by atoms with E-state index in [0.717, 1.165) is 0 Å². The molecule has 6 aromatic carbocycles. The van der Waals surface area contributed by atoms with E-state index < -0.39 is 8.07 Å². The molecule has 0 saturated carbocycles.